The van der Waals surface area contributed by atoms with Crippen molar-refractivity contribution in [2.45, 2.75) is 33.7 Å². The molecule has 0 aliphatic heterocycles. The highest BCUT2D eigenvalue weighted by Gasteiger charge is 2.15. The Bertz CT molecular complexity index is 344. The summed E-state index contributed by atoms with van der Waals surface area (Å²) in [6.45, 7) is 7.66. The summed E-state index contributed by atoms with van der Waals surface area (Å²) in [7, 11) is 0. The van der Waals surface area contributed by atoms with Crippen LogP contribution in [0.5, 0.6) is 0 Å². The fraction of sp³-hybridized carbons (Fsp3) is 0.417. The highest BCUT2D eigenvalue weighted by atomic mass is 16.1. The van der Waals surface area contributed by atoms with Gasteiger partial charge in [-0.05, 0) is 38.8 Å². The summed E-state index contributed by atoms with van der Waals surface area (Å²) in [4.78, 5) is 11.8. The fourth-order valence-electron chi connectivity index (χ4n) is 1.80. The molecule has 1 aromatic carbocycles. The largest absolute Gasteiger partial charge is 0.321 e. The van der Waals surface area contributed by atoms with Crippen LogP contribution < -0.4 is 5.73 Å². The predicted molar refractivity (Wildman–Crippen MR) is 58.6 cm³/mol. The predicted octanol–water partition coefficient (Wildman–Crippen LogP) is 2.14. The molecule has 0 amide bonds. The van der Waals surface area contributed by atoms with Gasteiger partial charge in [0, 0.05) is 5.56 Å². The van der Waals surface area contributed by atoms with Crippen LogP contribution >= 0.6 is 0 Å². The first kappa shape index (κ1) is 10.9. The normalized spacial score (nSPS) is 12.6. The van der Waals surface area contributed by atoms with E-state index in [9.17, 15) is 4.79 Å². The lowest BCUT2D eigenvalue weighted by Crippen LogP contribution is -2.28. The summed E-state index contributed by atoms with van der Waals surface area (Å²) < 4.78 is 0. The summed E-state index contributed by atoms with van der Waals surface area (Å²) in [6, 6.07) is 3.61. The van der Waals surface area contributed by atoms with Crippen LogP contribution in [0.1, 0.15) is 34.0 Å². The second kappa shape index (κ2) is 3.93. The Morgan fingerprint density at radius 2 is 1.64 bits per heavy atom. The number of rotatable bonds is 2. The van der Waals surface area contributed by atoms with Gasteiger partial charge in [0.25, 0.3) is 0 Å². The quantitative estimate of drug-likeness (QED) is 0.728. The molecule has 2 nitrogen and oxygen atoms in total. The Hall–Kier alpha value is -1.15. The molecule has 0 saturated heterocycles. The van der Waals surface area contributed by atoms with Crippen LogP contribution in [0.3, 0.4) is 0 Å². The number of hydrogen-bond donors (Lipinski definition) is 1. The summed E-state index contributed by atoms with van der Waals surface area (Å²) in [5.41, 5.74) is 9.60. The molecule has 76 valence electrons. The van der Waals surface area contributed by atoms with E-state index in [-0.39, 0.29) is 5.78 Å². The van der Waals surface area contributed by atoms with Crippen LogP contribution in [0.2, 0.25) is 0 Å². The van der Waals surface area contributed by atoms with Crippen molar-refractivity contribution in [3.63, 3.8) is 0 Å². The molecule has 0 fully saturated rings. The van der Waals surface area contributed by atoms with Crippen molar-refractivity contribution in [3.05, 3.63) is 34.4 Å². The van der Waals surface area contributed by atoms with E-state index in [0.29, 0.717) is 0 Å². The summed E-state index contributed by atoms with van der Waals surface area (Å²) >= 11 is 0. The molecule has 1 unspecified atom stereocenters. The van der Waals surface area contributed by atoms with Gasteiger partial charge >= 0.3 is 0 Å². The van der Waals surface area contributed by atoms with Crippen molar-refractivity contribution in [3.8, 4) is 0 Å². The molecule has 0 bridgehead atoms. The molecule has 0 spiro atoms. The minimum atomic E-state index is -0.421. The summed E-state index contributed by atoms with van der Waals surface area (Å²) in [6.07, 6.45) is 0. The molecule has 14 heavy (non-hydrogen) atoms. The van der Waals surface area contributed by atoms with Crippen molar-refractivity contribution < 1.29 is 4.79 Å². The highest BCUT2D eigenvalue weighted by Crippen LogP contribution is 2.17. The molecule has 0 aliphatic rings. The second-order valence-electron chi connectivity index (χ2n) is 3.93. The third-order valence-electron chi connectivity index (χ3n) is 2.34. The molecule has 0 saturated carbocycles. The number of aryl methyl sites for hydroxylation is 3. The maximum atomic E-state index is 11.8. The van der Waals surface area contributed by atoms with Gasteiger partial charge in [-0.15, -0.1) is 0 Å². The van der Waals surface area contributed by atoms with Gasteiger partial charge in [-0.25, -0.2) is 0 Å². The molecule has 1 atom stereocenters. The molecule has 2 N–H and O–H groups in total. The van der Waals surface area contributed by atoms with Crippen molar-refractivity contribution >= 4 is 5.78 Å². The first-order valence-electron chi connectivity index (χ1n) is 4.81. The van der Waals surface area contributed by atoms with Crippen LogP contribution in [-0.4, -0.2) is 11.8 Å². The smallest absolute Gasteiger partial charge is 0.179 e. The first-order chi connectivity index (χ1) is 6.43. The van der Waals surface area contributed by atoms with E-state index in [2.05, 4.69) is 0 Å². The van der Waals surface area contributed by atoms with Gasteiger partial charge in [0.05, 0.1) is 6.04 Å². The van der Waals surface area contributed by atoms with Crippen molar-refractivity contribution in [2.24, 2.45) is 5.73 Å². The SMILES string of the molecule is Cc1cc(C)c(C(=O)C(C)N)c(C)c1. The van der Waals surface area contributed by atoms with Crippen LogP contribution in [-0.2, 0) is 0 Å². The Balaban J connectivity index is 3.28. The lowest BCUT2D eigenvalue weighted by Gasteiger charge is -2.12. The number of benzene rings is 1. The third-order valence-corrected chi connectivity index (χ3v) is 2.34. The van der Waals surface area contributed by atoms with E-state index in [1.165, 1.54) is 5.56 Å². The molecule has 0 aliphatic carbocycles. The Morgan fingerprint density at radius 3 is 2.00 bits per heavy atom. The zero-order valence-electron chi connectivity index (χ0n) is 9.22. The zero-order chi connectivity index (χ0) is 10.9. The van der Waals surface area contributed by atoms with E-state index in [4.69, 9.17) is 5.73 Å². The van der Waals surface area contributed by atoms with E-state index < -0.39 is 6.04 Å². The standard InChI is InChI=1S/C12H17NO/c1-7-5-8(2)11(9(3)6-7)12(14)10(4)13/h5-6,10H,13H2,1-4H3. The van der Waals surface area contributed by atoms with Crippen molar-refractivity contribution in [1.82, 2.24) is 0 Å². The Kier molecular flexibility index (Phi) is 3.06. The topological polar surface area (TPSA) is 43.1 Å². The number of nitrogens with two attached hydrogens (primary N) is 1. The fourth-order valence-corrected chi connectivity index (χ4v) is 1.80. The number of carbonyl (C=O) groups excluding carboxylic acids is 1. The third kappa shape index (κ3) is 2.02. The average molecular weight is 191 g/mol. The van der Waals surface area contributed by atoms with Gasteiger partial charge < -0.3 is 5.73 Å². The van der Waals surface area contributed by atoms with Gasteiger partial charge in [-0.2, -0.15) is 0 Å². The minimum Gasteiger partial charge on any atom is -0.321 e. The van der Waals surface area contributed by atoms with Gasteiger partial charge in [0.2, 0.25) is 0 Å². The van der Waals surface area contributed by atoms with Gasteiger partial charge in [-0.1, -0.05) is 17.7 Å². The number of ketones is 1. The number of carbonyl (C=O) groups is 1. The number of Topliss-reactive ketones (excluding diaryl/α,β-unsaturated/α-hetero) is 1. The lowest BCUT2D eigenvalue weighted by molar-refractivity contribution is 0.0967. The van der Waals surface area contributed by atoms with E-state index in [1.807, 2.05) is 32.9 Å². The van der Waals surface area contributed by atoms with Gasteiger partial charge in [-0.3, -0.25) is 4.79 Å². The molecular weight excluding hydrogens is 174 g/mol. The Labute approximate surface area is 85.1 Å². The minimum absolute atomic E-state index is 0.0278. The van der Waals surface area contributed by atoms with E-state index in [0.717, 1.165) is 16.7 Å². The van der Waals surface area contributed by atoms with Crippen molar-refractivity contribution in [2.75, 3.05) is 0 Å². The molecule has 0 heterocycles. The molecule has 0 radical (unpaired) electrons. The number of hydrogen-bond acceptors (Lipinski definition) is 2. The van der Waals surface area contributed by atoms with Gasteiger partial charge in [0.15, 0.2) is 5.78 Å². The van der Waals surface area contributed by atoms with Crippen LogP contribution in [0, 0.1) is 20.8 Å². The summed E-state index contributed by atoms with van der Waals surface area (Å²) in [5, 5.41) is 0. The highest BCUT2D eigenvalue weighted by molar-refractivity contribution is 6.02. The van der Waals surface area contributed by atoms with Crippen LogP contribution in [0.15, 0.2) is 12.1 Å². The Morgan fingerprint density at radius 1 is 1.21 bits per heavy atom. The zero-order valence-corrected chi connectivity index (χ0v) is 9.22. The second-order valence-corrected chi connectivity index (χ2v) is 3.93. The molecule has 0 aromatic heterocycles. The maximum absolute atomic E-state index is 11.8. The summed E-state index contributed by atoms with van der Waals surface area (Å²) in [5.74, 6) is 0.0278. The molecular formula is C12H17NO. The van der Waals surface area contributed by atoms with E-state index in [1.54, 1.807) is 6.92 Å². The van der Waals surface area contributed by atoms with Crippen LogP contribution in [0.25, 0.3) is 0 Å². The lowest BCUT2D eigenvalue weighted by atomic mass is 9.94. The van der Waals surface area contributed by atoms with Gasteiger partial charge in [0.1, 0.15) is 0 Å². The molecule has 1 aromatic rings. The molecule has 1 rings (SSSR count). The van der Waals surface area contributed by atoms with Crippen LogP contribution in [0.4, 0.5) is 0 Å². The molecule has 2 heteroatoms. The maximum Gasteiger partial charge on any atom is 0.179 e. The van der Waals surface area contributed by atoms with Crippen molar-refractivity contribution in [1.29, 1.82) is 0 Å². The first-order valence-corrected chi connectivity index (χ1v) is 4.81. The average Bonchev–Trinajstić information content (AvgIpc) is 2.01. The van der Waals surface area contributed by atoms with E-state index >= 15 is 0 Å². The monoisotopic (exact) mass is 191 g/mol.